The van der Waals surface area contributed by atoms with E-state index < -0.39 is 0 Å². The number of hydrogen-bond donors (Lipinski definition) is 1. The van der Waals surface area contributed by atoms with Crippen molar-refractivity contribution in [1.29, 1.82) is 0 Å². The summed E-state index contributed by atoms with van der Waals surface area (Å²) in [4.78, 5) is 0. The Balaban J connectivity index is 2.49. The maximum atomic E-state index is 5.88. The maximum Gasteiger partial charge on any atom is 0.119 e. The highest BCUT2D eigenvalue weighted by atomic mass is 16.5. The van der Waals surface area contributed by atoms with Crippen LogP contribution in [0, 0.1) is 5.92 Å². The third kappa shape index (κ3) is 4.69. The van der Waals surface area contributed by atoms with E-state index in [2.05, 4.69) is 57.3 Å². The Hall–Kier alpha value is -1.02. The topological polar surface area (TPSA) is 21.3 Å². The average molecular weight is 249 g/mol. The number of likely N-dealkylation sites (N-methyl/N-ethyl adjacent to an activating group) is 1. The van der Waals surface area contributed by atoms with E-state index in [4.69, 9.17) is 4.74 Å². The zero-order chi connectivity index (χ0) is 13.4. The van der Waals surface area contributed by atoms with Crippen LogP contribution in [-0.2, 0) is 6.42 Å². The van der Waals surface area contributed by atoms with Gasteiger partial charge in [0.25, 0.3) is 0 Å². The molecule has 2 atom stereocenters. The fourth-order valence-corrected chi connectivity index (χ4v) is 1.98. The Morgan fingerprint density at radius 1 is 1.11 bits per heavy atom. The Morgan fingerprint density at radius 2 is 1.78 bits per heavy atom. The first-order valence-electron chi connectivity index (χ1n) is 7.16. The lowest BCUT2D eigenvalue weighted by Crippen LogP contribution is -2.39. The molecule has 1 N–H and O–H groups in total. The molecule has 0 spiro atoms. The predicted octanol–water partition coefficient (Wildman–Crippen LogP) is 3.65. The summed E-state index contributed by atoms with van der Waals surface area (Å²) >= 11 is 0. The molecule has 0 aliphatic carbocycles. The van der Waals surface area contributed by atoms with E-state index in [1.165, 1.54) is 12.0 Å². The molecule has 0 aliphatic heterocycles. The van der Waals surface area contributed by atoms with Gasteiger partial charge >= 0.3 is 0 Å². The van der Waals surface area contributed by atoms with Crippen molar-refractivity contribution in [2.75, 3.05) is 13.2 Å². The summed E-state index contributed by atoms with van der Waals surface area (Å²) in [6, 6.07) is 8.85. The van der Waals surface area contributed by atoms with Gasteiger partial charge in [0.1, 0.15) is 12.4 Å². The molecule has 102 valence electrons. The molecule has 0 radical (unpaired) electrons. The Kier molecular flexibility index (Phi) is 6.81. The van der Waals surface area contributed by atoms with Gasteiger partial charge in [0, 0.05) is 6.04 Å². The predicted molar refractivity (Wildman–Crippen MR) is 78.2 cm³/mol. The normalized spacial score (nSPS) is 14.2. The molecule has 0 fully saturated rings. The van der Waals surface area contributed by atoms with Crippen LogP contribution in [0.4, 0.5) is 0 Å². The zero-order valence-corrected chi connectivity index (χ0v) is 12.2. The van der Waals surface area contributed by atoms with Crippen LogP contribution >= 0.6 is 0 Å². The number of hydrogen-bond acceptors (Lipinski definition) is 2. The van der Waals surface area contributed by atoms with Crippen molar-refractivity contribution < 1.29 is 4.74 Å². The molecule has 0 amide bonds. The van der Waals surface area contributed by atoms with Crippen LogP contribution in [0.5, 0.6) is 5.75 Å². The lowest BCUT2D eigenvalue weighted by atomic mass is 10.00. The second-order valence-electron chi connectivity index (χ2n) is 4.86. The molecular formula is C16H27NO. The summed E-state index contributed by atoms with van der Waals surface area (Å²) in [5.74, 6) is 1.61. The largest absolute Gasteiger partial charge is 0.492 e. The molecule has 2 unspecified atom stereocenters. The first-order chi connectivity index (χ1) is 8.71. The van der Waals surface area contributed by atoms with Gasteiger partial charge in [-0.15, -0.1) is 0 Å². The molecule has 0 saturated carbocycles. The van der Waals surface area contributed by atoms with Gasteiger partial charge in [-0.05, 0) is 36.6 Å². The third-order valence-corrected chi connectivity index (χ3v) is 3.56. The van der Waals surface area contributed by atoms with Gasteiger partial charge in [-0.2, -0.15) is 0 Å². The fraction of sp³-hybridized carbons (Fsp3) is 0.625. The Morgan fingerprint density at radius 3 is 2.28 bits per heavy atom. The summed E-state index contributed by atoms with van der Waals surface area (Å²) in [6.07, 6.45) is 2.25. The van der Waals surface area contributed by atoms with Gasteiger partial charge in [0.2, 0.25) is 0 Å². The van der Waals surface area contributed by atoms with Crippen LogP contribution in [0.1, 0.15) is 39.7 Å². The summed E-state index contributed by atoms with van der Waals surface area (Å²) < 4.78 is 5.88. The lowest BCUT2D eigenvalue weighted by molar-refractivity contribution is 0.222. The molecule has 2 heteroatoms. The van der Waals surface area contributed by atoms with Gasteiger partial charge in [-0.25, -0.2) is 0 Å². The SMILES string of the molecule is CCNC(COc1ccc(CC)cc1)C(C)CC. The van der Waals surface area contributed by atoms with Crippen LogP contribution < -0.4 is 10.1 Å². The van der Waals surface area contributed by atoms with E-state index in [1.54, 1.807) is 0 Å². The van der Waals surface area contributed by atoms with Gasteiger partial charge in [0.05, 0.1) is 0 Å². The van der Waals surface area contributed by atoms with Crippen molar-refractivity contribution in [3.63, 3.8) is 0 Å². The molecule has 1 aromatic rings. The van der Waals surface area contributed by atoms with Crippen molar-refractivity contribution in [1.82, 2.24) is 5.32 Å². The molecule has 1 aromatic carbocycles. The Bertz CT molecular complexity index is 320. The van der Waals surface area contributed by atoms with Gasteiger partial charge in [-0.1, -0.05) is 46.2 Å². The van der Waals surface area contributed by atoms with Crippen molar-refractivity contribution >= 4 is 0 Å². The zero-order valence-electron chi connectivity index (χ0n) is 12.2. The maximum absolute atomic E-state index is 5.88. The molecule has 1 rings (SSSR count). The van der Waals surface area contributed by atoms with Crippen LogP contribution in [0.15, 0.2) is 24.3 Å². The number of nitrogens with one attached hydrogen (secondary N) is 1. The second-order valence-corrected chi connectivity index (χ2v) is 4.86. The van der Waals surface area contributed by atoms with Crippen molar-refractivity contribution in [3.8, 4) is 5.75 Å². The summed E-state index contributed by atoms with van der Waals surface area (Å²) in [5, 5.41) is 3.50. The van der Waals surface area contributed by atoms with Gasteiger partial charge in [-0.3, -0.25) is 0 Å². The quantitative estimate of drug-likeness (QED) is 0.759. The average Bonchev–Trinajstić information content (AvgIpc) is 2.43. The third-order valence-electron chi connectivity index (χ3n) is 3.56. The van der Waals surface area contributed by atoms with Crippen LogP contribution in [-0.4, -0.2) is 19.2 Å². The lowest BCUT2D eigenvalue weighted by Gasteiger charge is -2.24. The molecule has 0 heterocycles. The smallest absolute Gasteiger partial charge is 0.119 e. The van der Waals surface area contributed by atoms with Crippen LogP contribution in [0.2, 0.25) is 0 Å². The molecule has 0 bridgehead atoms. The molecule has 2 nitrogen and oxygen atoms in total. The highest BCUT2D eigenvalue weighted by Gasteiger charge is 2.15. The first-order valence-corrected chi connectivity index (χ1v) is 7.16. The number of benzene rings is 1. The standard InChI is InChI=1S/C16H27NO/c1-5-13(4)16(17-7-3)12-18-15-10-8-14(6-2)9-11-15/h8-11,13,16-17H,5-7,12H2,1-4H3. The number of rotatable bonds is 8. The molecule has 0 saturated heterocycles. The van der Waals surface area contributed by atoms with Gasteiger partial charge in [0.15, 0.2) is 0 Å². The van der Waals surface area contributed by atoms with E-state index in [1.807, 2.05) is 0 Å². The Labute approximate surface area is 112 Å². The molecular weight excluding hydrogens is 222 g/mol. The highest BCUT2D eigenvalue weighted by molar-refractivity contribution is 5.27. The summed E-state index contributed by atoms with van der Waals surface area (Å²) in [7, 11) is 0. The summed E-state index contributed by atoms with van der Waals surface area (Å²) in [6.45, 7) is 10.6. The van der Waals surface area contributed by atoms with E-state index in [0.717, 1.165) is 25.3 Å². The van der Waals surface area contributed by atoms with Crippen molar-refractivity contribution in [2.45, 2.75) is 46.6 Å². The molecule has 0 aliphatic rings. The summed E-state index contributed by atoms with van der Waals surface area (Å²) in [5.41, 5.74) is 1.35. The van der Waals surface area contributed by atoms with Crippen molar-refractivity contribution in [3.05, 3.63) is 29.8 Å². The van der Waals surface area contributed by atoms with Crippen LogP contribution in [0.25, 0.3) is 0 Å². The van der Waals surface area contributed by atoms with Crippen LogP contribution in [0.3, 0.4) is 0 Å². The molecule has 18 heavy (non-hydrogen) atoms. The number of ether oxygens (including phenoxy) is 1. The van der Waals surface area contributed by atoms with Gasteiger partial charge < -0.3 is 10.1 Å². The minimum absolute atomic E-state index is 0.436. The monoisotopic (exact) mass is 249 g/mol. The fourth-order valence-electron chi connectivity index (χ4n) is 1.98. The van der Waals surface area contributed by atoms with E-state index in [-0.39, 0.29) is 0 Å². The first kappa shape index (κ1) is 15.0. The second kappa shape index (κ2) is 8.15. The minimum Gasteiger partial charge on any atom is -0.492 e. The number of aryl methyl sites for hydroxylation is 1. The highest BCUT2D eigenvalue weighted by Crippen LogP contribution is 2.15. The van der Waals surface area contributed by atoms with E-state index >= 15 is 0 Å². The van der Waals surface area contributed by atoms with Crippen molar-refractivity contribution in [2.24, 2.45) is 5.92 Å². The minimum atomic E-state index is 0.436. The van der Waals surface area contributed by atoms with E-state index in [9.17, 15) is 0 Å². The molecule has 0 aromatic heterocycles. The van der Waals surface area contributed by atoms with E-state index in [0.29, 0.717) is 12.0 Å².